The summed E-state index contributed by atoms with van der Waals surface area (Å²) in [5, 5.41) is 16.8. The van der Waals surface area contributed by atoms with Crippen molar-refractivity contribution in [2.45, 2.75) is 94.9 Å². The number of nitrogens with one attached hydrogen (secondary N) is 2. The van der Waals surface area contributed by atoms with E-state index in [-0.39, 0.29) is 24.1 Å². The Morgan fingerprint density at radius 3 is 2.25 bits per heavy atom. The van der Waals surface area contributed by atoms with Gasteiger partial charge in [-0.1, -0.05) is 30.3 Å². The normalized spacial score (nSPS) is 26.9. The van der Waals surface area contributed by atoms with Gasteiger partial charge in [-0.25, -0.2) is 0 Å². The molecule has 2 aliphatic heterocycles. The molecule has 2 amide bonds. The zero-order valence-corrected chi connectivity index (χ0v) is 25.7. The zero-order valence-electron chi connectivity index (χ0n) is 25.7. The smallest absolute Gasteiger partial charge is 0.399 e. The van der Waals surface area contributed by atoms with Crippen molar-refractivity contribution in [3.63, 3.8) is 0 Å². The summed E-state index contributed by atoms with van der Waals surface area (Å²) in [7, 11) is -0.449. The number of rotatable bonds is 7. The number of alkyl halides is 3. The van der Waals surface area contributed by atoms with Gasteiger partial charge in [0.15, 0.2) is 0 Å². The lowest BCUT2D eigenvalue weighted by Gasteiger charge is -2.40. The molecular weight excluding hydrogens is 574 g/mol. The SMILES string of the molecule is CC1(C)OB(c2ccc(C3(O)CCC(N4CCC(NC(=O)CNC(=O)c5cccc(C(F)(F)F)c5)C4)CC3)cc2)OC1(C)C. The van der Waals surface area contributed by atoms with Gasteiger partial charge < -0.3 is 25.0 Å². The van der Waals surface area contributed by atoms with Gasteiger partial charge in [0.1, 0.15) is 0 Å². The van der Waals surface area contributed by atoms with Crippen LogP contribution in [0.25, 0.3) is 0 Å². The van der Waals surface area contributed by atoms with Gasteiger partial charge in [0, 0.05) is 30.7 Å². The predicted octanol–water partition coefficient (Wildman–Crippen LogP) is 3.76. The molecule has 1 aliphatic carbocycles. The molecule has 3 fully saturated rings. The van der Waals surface area contributed by atoms with Gasteiger partial charge in [0.2, 0.25) is 5.91 Å². The van der Waals surface area contributed by atoms with Gasteiger partial charge in [0.25, 0.3) is 5.91 Å². The van der Waals surface area contributed by atoms with Crippen LogP contribution in [0.15, 0.2) is 48.5 Å². The molecule has 0 bridgehead atoms. The van der Waals surface area contributed by atoms with Crippen LogP contribution in [0.2, 0.25) is 0 Å². The monoisotopic (exact) mass is 615 g/mol. The van der Waals surface area contributed by atoms with Crippen molar-refractivity contribution in [2.24, 2.45) is 0 Å². The van der Waals surface area contributed by atoms with E-state index in [9.17, 15) is 27.9 Å². The molecule has 8 nitrogen and oxygen atoms in total. The van der Waals surface area contributed by atoms with E-state index in [2.05, 4.69) is 15.5 Å². The van der Waals surface area contributed by atoms with Crippen LogP contribution in [0, 0.1) is 0 Å². The second kappa shape index (κ2) is 12.1. The highest BCUT2D eigenvalue weighted by atomic mass is 19.4. The Morgan fingerprint density at radius 2 is 1.64 bits per heavy atom. The Morgan fingerprint density at radius 1 is 1.00 bits per heavy atom. The molecule has 2 saturated heterocycles. The molecule has 0 aromatic heterocycles. The minimum Gasteiger partial charge on any atom is -0.399 e. The third-order valence-electron chi connectivity index (χ3n) is 9.72. The summed E-state index contributed by atoms with van der Waals surface area (Å²) < 4.78 is 51.1. The van der Waals surface area contributed by atoms with Gasteiger partial charge >= 0.3 is 13.3 Å². The first-order valence-electron chi connectivity index (χ1n) is 15.2. The maximum Gasteiger partial charge on any atom is 0.494 e. The molecule has 2 aromatic rings. The van der Waals surface area contributed by atoms with Crippen molar-refractivity contribution in [1.82, 2.24) is 15.5 Å². The molecule has 5 rings (SSSR count). The summed E-state index contributed by atoms with van der Waals surface area (Å²) in [5.74, 6) is -1.13. The highest BCUT2D eigenvalue weighted by Gasteiger charge is 2.51. The van der Waals surface area contributed by atoms with E-state index < -0.39 is 41.6 Å². The van der Waals surface area contributed by atoms with Crippen LogP contribution in [0.5, 0.6) is 0 Å². The number of hydrogen-bond acceptors (Lipinski definition) is 6. The van der Waals surface area contributed by atoms with E-state index >= 15 is 0 Å². The van der Waals surface area contributed by atoms with Crippen LogP contribution < -0.4 is 16.1 Å². The van der Waals surface area contributed by atoms with Gasteiger partial charge in [-0.2, -0.15) is 13.2 Å². The van der Waals surface area contributed by atoms with Gasteiger partial charge in [-0.05, 0) is 89.0 Å². The average molecular weight is 616 g/mol. The van der Waals surface area contributed by atoms with Crippen LogP contribution in [0.4, 0.5) is 13.2 Å². The highest BCUT2D eigenvalue weighted by molar-refractivity contribution is 6.62. The second-order valence-corrected chi connectivity index (χ2v) is 13.3. The van der Waals surface area contributed by atoms with E-state index in [1.165, 1.54) is 6.07 Å². The zero-order chi connectivity index (χ0) is 31.9. The number of nitrogens with zero attached hydrogens (tertiary/aromatic N) is 1. The summed E-state index contributed by atoms with van der Waals surface area (Å²) in [6, 6.07) is 12.2. The molecule has 3 N–H and O–H groups in total. The van der Waals surface area contributed by atoms with Crippen LogP contribution >= 0.6 is 0 Å². The summed E-state index contributed by atoms with van der Waals surface area (Å²) in [4.78, 5) is 27.1. The van der Waals surface area contributed by atoms with Crippen LogP contribution in [0.3, 0.4) is 0 Å². The number of carbonyl (C=O) groups excluding carboxylic acids is 2. The number of halogens is 3. The minimum absolute atomic E-state index is 0.0868. The minimum atomic E-state index is -4.55. The molecule has 2 aromatic carbocycles. The number of amides is 2. The largest absolute Gasteiger partial charge is 0.494 e. The lowest BCUT2D eigenvalue weighted by atomic mass is 9.74. The summed E-state index contributed by atoms with van der Waals surface area (Å²) in [5.41, 5.74) is -1.02. The number of benzene rings is 2. The first-order valence-corrected chi connectivity index (χ1v) is 15.2. The Kier molecular flexibility index (Phi) is 8.94. The molecule has 3 aliphatic rings. The highest BCUT2D eigenvalue weighted by Crippen LogP contribution is 2.40. The topological polar surface area (TPSA) is 100 Å². The molecule has 0 spiro atoms. The van der Waals surface area contributed by atoms with Crippen molar-refractivity contribution >= 4 is 24.4 Å². The van der Waals surface area contributed by atoms with Gasteiger partial charge in [0.05, 0.1) is 28.9 Å². The van der Waals surface area contributed by atoms with Crippen molar-refractivity contribution in [3.05, 3.63) is 65.2 Å². The van der Waals surface area contributed by atoms with Gasteiger partial charge in [-0.3, -0.25) is 14.5 Å². The summed E-state index contributed by atoms with van der Waals surface area (Å²) in [6.07, 6.45) is -0.896. The fourth-order valence-corrected chi connectivity index (χ4v) is 6.28. The van der Waals surface area contributed by atoms with Crippen LogP contribution in [0.1, 0.15) is 81.3 Å². The van der Waals surface area contributed by atoms with E-state index in [1.807, 2.05) is 52.0 Å². The lowest BCUT2D eigenvalue weighted by Crippen LogP contribution is -2.45. The molecule has 238 valence electrons. The fraction of sp³-hybridized carbons (Fsp3) is 0.562. The van der Waals surface area contributed by atoms with Crippen molar-refractivity contribution < 1.29 is 37.2 Å². The summed E-state index contributed by atoms with van der Waals surface area (Å²) >= 11 is 0. The maximum atomic E-state index is 12.9. The maximum absolute atomic E-state index is 12.9. The Labute approximate surface area is 256 Å². The standard InChI is InChI=1S/C32H41BF3N3O5/c1-29(2)30(3,4)44-33(43-29)24-10-8-22(9-11-24)31(42)15-12-26(13-16-31)39-17-14-25(20-39)38-27(40)19-37-28(41)21-6-5-7-23(18-21)32(34,35)36/h5-11,18,25-26,42H,12-17,19-20H2,1-4H3,(H,37,41)(H,38,40). The molecule has 1 saturated carbocycles. The van der Waals surface area contributed by atoms with Crippen molar-refractivity contribution in [1.29, 1.82) is 0 Å². The van der Waals surface area contributed by atoms with E-state index in [4.69, 9.17) is 9.31 Å². The summed E-state index contributed by atoms with van der Waals surface area (Å²) in [6.45, 7) is 9.24. The number of hydrogen-bond donors (Lipinski definition) is 3. The third kappa shape index (κ3) is 6.98. The molecule has 44 heavy (non-hydrogen) atoms. The first kappa shape index (κ1) is 32.5. The molecular formula is C32H41BF3N3O5. The van der Waals surface area contributed by atoms with E-state index in [1.54, 1.807) is 0 Å². The Balaban J connectivity index is 1.06. The quantitative estimate of drug-likeness (QED) is 0.411. The number of carbonyl (C=O) groups is 2. The van der Waals surface area contributed by atoms with Crippen molar-refractivity contribution in [3.8, 4) is 0 Å². The molecule has 1 unspecified atom stereocenters. The lowest BCUT2D eigenvalue weighted by molar-refractivity contribution is -0.137. The van der Waals surface area contributed by atoms with E-state index in [0.717, 1.165) is 55.0 Å². The fourth-order valence-electron chi connectivity index (χ4n) is 6.28. The number of aliphatic hydroxyl groups is 1. The number of likely N-dealkylation sites (tertiary alicyclic amines) is 1. The Hall–Kier alpha value is -2.93. The van der Waals surface area contributed by atoms with Gasteiger partial charge in [-0.15, -0.1) is 0 Å². The molecule has 1 atom stereocenters. The van der Waals surface area contributed by atoms with Crippen LogP contribution in [-0.2, 0) is 25.9 Å². The predicted molar refractivity (Wildman–Crippen MR) is 160 cm³/mol. The van der Waals surface area contributed by atoms with Crippen molar-refractivity contribution in [2.75, 3.05) is 19.6 Å². The average Bonchev–Trinajstić information content (AvgIpc) is 3.52. The molecule has 12 heteroatoms. The first-order chi connectivity index (χ1) is 20.6. The van der Waals surface area contributed by atoms with E-state index in [0.29, 0.717) is 25.4 Å². The Bertz CT molecular complexity index is 1340. The molecule has 0 radical (unpaired) electrons. The second-order valence-electron chi connectivity index (χ2n) is 13.3. The van der Waals surface area contributed by atoms with Crippen LogP contribution in [-0.4, -0.2) is 71.9 Å². The third-order valence-corrected chi connectivity index (χ3v) is 9.72. The molecule has 2 heterocycles.